The fourth-order valence-corrected chi connectivity index (χ4v) is 5.86. The van der Waals surface area contributed by atoms with Gasteiger partial charge in [-0.05, 0) is 44.0 Å². The highest BCUT2D eigenvalue weighted by Crippen LogP contribution is 2.40. The predicted octanol–water partition coefficient (Wildman–Crippen LogP) is 4.01. The third-order valence-electron chi connectivity index (χ3n) is 6.14. The van der Waals surface area contributed by atoms with E-state index in [2.05, 4.69) is 12.2 Å². The molecule has 2 aliphatic heterocycles. The van der Waals surface area contributed by atoms with Crippen molar-refractivity contribution in [1.82, 2.24) is 4.31 Å². The smallest absolute Gasteiger partial charge is 0.259 e. The monoisotopic (exact) mass is 444 g/mol. The van der Waals surface area contributed by atoms with Crippen molar-refractivity contribution in [1.29, 1.82) is 0 Å². The number of piperidine rings is 1. The van der Waals surface area contributed by atoms with Gasteiger partial charge in [0, 0.05) is 30.3 Å². The molecule has 4 rings (SSSR count). The Labute approximate surface area is 183 Å². The summed E-state index contributed by atoms with van der Waals surface area (Å²) in [6, 6.07) is 10.2. The lowest BCUT2D eigenvalue weighted by Gasteiger charge is -2.26. The molecule has 2 aromatic rings. The van der Waals surface area contributed by atoms with E-state index in [-0.39, 0.29) is 28.6 Å². The molecule has 166 valence electrons. The van der Waals surface area contributed by atoms with Gasteiger partial charge in [-0.1, -0.05) is 25.5 Å². The molecule has 1 N–H and O–H groups in total. The van der Waals surface area contributed by atoms with Crippen LogP contribution in [0.2, 0.25) is 0 Å². The summed E-state index contributed by atoms with van der Waals surface area (Å²) < 4.78 is 39.1. The van der Waals surface area contributed by atoms with Crippen molar-refractivity contribution in [3.63, 3.8) is 0 Å². The molecule has 8 heteroatoms. The van der Waals surface area contributed by atoms with Crippen molar-refractivity contribution in [3.8, 4) is 11.5 Å². The van der Waals surface area contributed by atoms with Gasteiger partial charge in [0.2, 0.25) is 10.0 Å². The lowest BCUT2D eigenvalue weighted by Crippen LogP contribution is -2.35. The highest BCUT2D eigenvalue weighted by molar-refractivity contribution is 7.89. The zero-order valence-electron chi connectivity index (χ0n) is 18.1. The molecule has 0 spiro atoms. The number of rotatable bonds is 5. The predicted molar refractivity (Wildman–Crippen MR) is 119 cm³/mol. The molecule has 1 amide bonds. The molecule has 7 nitrogen and oxygen atoms in total. The number of methoxy groups -OCH3 is 1. The number of anilines is 1. The highest BCUT2D eigenvalue weighted by atomic mass is 32.2. The molecule has 2 heterocycles. The Balaban J connectivity index is 1.64. The van der Waals surface area contributed by atoms with E-state index in [9.17, 15) is 13.2 Å². The van der Waals surface area contributed by atoms with Crippen molar-refractivity contribution in [2.45, 2.75) is 50.0 Å². The van der Waals surface area contributed by atoms with Crippen molar-refractivity contribution < 1.29 is 22.7 Å². The summed E-state index contributed by atoms with van der Waals surface area (Å²) in [4.78, 5) is 13.1. The molecule has 0 aromatic heterocycles. The first-order valence-corrected chi connectivity index (χ1v) is 12.1. The van der Waals surface area contributed by atoms with Gasteiger partial charge in [-0.2, -0.15) is 4.31 Å². The van der Waals surface area contributed by atoms with Crippen LogP contribution in [0.4, 0.5) is 5.69 Å². The number of hydrogen-bond acceptors (Lipinski definition) is 5. The number of fused-ring (bicyclic) bond motifs is 1. The minimum absolute atomic E-state index is 0.00813. The van der Waals surface area contributed by atoms with Gasteiger partial charge >= 0.3 is 0 Å². The summed E-state index contributed by atoms with van der Waals surface area (Å²) >= 11 is 0. The molecule has 2 aromatic carbocycles. The summed E-state index contributed by atoms with van der Waals surface area (Å²) in [5, 5.41) is 2.83. The van der Waals surface area contributed by atoms with E-state index >= 15 is 0 Å². The second-order valence-electron chi connectivity index (χ2n) is 8.12. The molecule has 31 heavy (non-hydrogen) atoms. The number of nitrogens with zero attached hydrogens (tertiary/aromatic N) is 1. The molecule has 0 aliphatic carbocycles. The Kier molecular flexibility index (Phi) is 5.94. The van der Waals surface area contributed by atoms with Crippen LogP contribution in [0.5, 0.6) is 11.5 Å². The van der Waals surface area contributed by atoms with Crippen LogP contribution in [0.15, 0.2) is 41.3 Å². The molecule has 0 saturated carbocycles. The molecule has 1 saturated heterocycles. The summed E-state index contributed by atoms with van der Waals surface area (Å²) in [6.07, 6.45) is 2.70. The van der Waals surface area contributed by atoms with E-state index in [1.165, 1.54) is 17.5 Å². The van der Waals surface area contributed by atoms with Crippen molar-refractivity contribution in [2.24, 2.45) is 0 Å². The van der Waals surface area contributed by atoms with Gasteiger partial charge in [0.25, 0.3) is 5.91 Å². The Morgan fingerprint density at radius 1 is 1.13 bits per heavy atom. The maximum atomic E-state index is 13.2. The van der Waals surface area contributed by atoms with Gasteiger partial charge in [-0.3, -0.25) is 4.79 Å². The van der Waals surface area contributed by atoms with E-state index in [0.29, 0.717) is 30.1 Å². The van der Waals surface area contributed by atoms with Crippen LogP contribution in [0.3, 0.4) is 0 Å². The molecule has 0 unspecified atom stereocenters. The van der Waals surface area contributed by atoms with Crippen LogP contribution < -0.4 is 14.8 Å². The highest BCUT2D eigenvalue weighted by Gasteiger charge is 2.32. The maximum absolute atomic E-state index is 13.2. The van der Waals surface area contributed by atoms with E-state index in [0.717, 1.165) is 24.8 Å². The van der Waals surface area contributed by atoms with E-state index in [4.69, 9.17) is 9.47 Å². The average Bonchev–Trinajstić information content (AvgIpc) is 3.08. The van der Waals surface area contributed by atoms with Crippen LogP contribution in [-0.2, 0) is 10.0 Å². The Morgan fingerprint density at radius 2 is 1.87 bits per heavy atom. The number of ether oxygens (including phenoxy) is 2. The Hall–Kier alpha value is -2.58. The number of para-hydroxylation sites is 1. The minimum atomic E-state index is -3.72. The molecule has 2 atom stereocenters. The lowest BCUT2D eigenvalue weighted by atomic mass is 9.97. The zero-order chi connectivity index (χ0) is 22.2. The first kappa shape index (κ1) is 21.6. The topological polar surface area (TPSA) is 84.9 Å². The van der Waals surface area contributed by atoms with Crippen LogP contribution in [0, 0.1) is 0 Å². The third-order valence-corrected chi connectivity index (χ3v) is 8.06. The number of amides is 1. The molecular weight excluding hydrogens is 416 g/mol. The van der Waals surface area contributed by atoms with Crippen LogP contribution in [0.25, 0.3) is 0 Å². The van der Waals surface area contributed by atoms with Crippen molar-refractivity contribution in [3.05, 3.63) is 47.5 Å². The van der Waals surface area contributed by atoms with Gasteiger partial charge in [0.05, 0.1) is 12.7 Å². The van der Waals surface area contributed by atoms with Crippen molar-refractivity contribution >= 4 is 21.6 Å². The fourth-order valence-electron chi connectivity index (χ4n) is 4.16. The fraction of sp³-hybridized carbons (Fsp3) is 0.435. The number of nitrogens with one attached hydrogen (secondary N) is 1. The van der Waals surface area contributed by atoms with E-state index in [1.807, 2.05) is 19.1 Å². The second kappa shape index (κ2) is 8.51. The molecule has 0 radical (unpaired) electrons. The van der Waals surface area contributed by atoms with Gasteiger partial charge < -0.3 is 14.8 Å². The van der Waals surface area contributed by atoms with Crippen LogP contribution in [-0.4, -0.2) is 44.9 Å². The van der Waals surface area contributed by atoms with E-state index in [1.54, 1.807) is 18.2 Å². The number of carbonyl (C=O) groups excluding carboxylic acids is 1. The van der Waals surface area contributed by atoms with Gasteiger partial charge in [0.15, 0.2) is 0 Å². The number of hydrogen-bond donors (Lipinski definition) is 1. The zero-order valence-corrected chi connectivity index (χ0v) is 18.9. The van der Waals surface area contributed by atoms with Crippen LogP contribution in [0.1, 0.15) is 54.9 Å². The number of sulfonamides is 1. The first-order chi connectivity index (χ1) is 14.8. The normalized spacial score (nSPS) is 21.3. The second-order valence-corrected chi connectivity index (χ2v) is 10.0. The van der Waals surface area contributed by atoms with Gasteiger partial charge in [0.1, 0.15) is 22.5 Å². The number of benzene rings is 2. The standard InChI is InChI=1S/C23H28N2O5S/c1-15-16(2)30-22-18(15)8-7-9-19(22)23(26)24-17-10-11-20(29-3)21(14-17)31(27,28)25-12-5-4-6-13-25/h7-11,14-16H,4-6,12-13H2,1-3H3,(H,24,26)/t15-,16+/m0/s1. The summed E-state index contributed by atoms with van der Waals surface area (Å²) in [5.41, 5.74) is 1.83. The molecule has 0 bridgehead atoms. The summed E-state index contributed by atoms with van der Waals surface area (Å²) in [7, 11) is -2.28. The SMILES string of the molecule is COc1ccc(NC(=O)c2cccc3c2O[C@H](C)[C@@H]3C)cc1S(=O)(=O)N1CCCCC1. The maximum Gasteiger partial charge on any atom is 0.259 e. The first-order valence-electron chi connectivity index (χ1n) is 10.6. The minimum Gasteiger partial charge on any atom is -0.495 e. The molecular formula is C23H28N2O5S. The third kappa shape index (κ3) is 4.02. The van der Waals surface area contributed by atoms with Crippen LogP contribution >= 0.6 is 0 Å². The van der Waals surface area contributed by atoms with Gasteiger partial charge in [-0.25, -0.2) is 8.42 Å². The summed E-state index contributed by atoms with van der Waals surface area (Å²) in [6.45, 7) is 5.03. The average molecular weight is 445 g/mol. The van der Waals surface area contributed by atoms with Gasteiger partial charge in [-0.15, -0.1) is 0 Å². The largest absolute Gasteiger partial charge is 0.495 e. The Bertz CT molecular complexity index is 1090. The Morgan fingerprint density at radius 3 is 2.58 bits per heavy atom. The van der Waals surface area contributed by atoms with E-state index < -0.39 is 10.0 Å². The lowest BCUT2D eigenvalue weighted by molar-refractivity contribution is 0.102. The van der Waals surface area contributed by atoms with Crippen molar-refractivity contribution in [2.75, 3.05) is 25.5 Å². The quantitative estimate of drug-likeness (QED) is 0.753. The number of carbonyl (C=O) groups is 1. The summed E-state index contributed by atoms with van der Waals surface area (Å²) in [5.74, 6) is 0.708. The molecule has 1 fully saturated rings. The molecule has 2 aliphatic rings.